The van der Waals surface area contributed by atoms with E-state index in [9.17, 15) is 9.18 Å². The summed E-state index contributed by atoms with van der Waals surface area (Å²) >= 11 is 0. The van der Waals surface area contributed by atoms with Crippen molar-refractivity contribution in [2.45, 2.75) is 13.5 Å². The third kappa shape index (κ3) is 4.02. The molecule has 0 aliphatic rings. The molecule has 2 rings (SSSR count). The van der Waals surface area contributed by atoms with Gasteiger partial charge < -0.3 is 9.26 Å². The van der Waals surface area contributed by atoms with Crippen LogP contribution in [0.2, 0.25) is 0 Å². The second-order valence-corrected chi connectivity index (χ2v) is 3.73. The van der Waals surface area contributed by atoms with E-state index in [1.165, 1.54) is 24.3 Å². The molecule has 2 aromatic rings. The average molecular weight is 262 g/mol. The number of halogens is 1. The maximum Gasteiger partial charge on any atom is 0.331 e. The quantitative estimate of drug-likeness (QED) is 0.624. The highest BCUT2D eigenvalue weighted by atomic mass is 19.1. The molecule has 0 fully saturated rings. The van der Waals surface area contributed by atoms with Crippen LogP contribution < -0.4 is 0 Å². The monoisotopic (exact) mass is 262 g/mol. The van der Waals surface area contributed by atoms with Crippen LogP contribution in [0.15, 0.2) is 34.9 Å². The fourth-order valence-electron chi connectivity index (χ4n) is 1.32. The highest BCUT2D eigenvalue weighted by Gasteiger charge is 2.05. The van der Waals surface area contributed by atoms with Crippen LogP contribution in [0.5, 0.6) is 0 Å². The number of hydrogen-bond donors (Lipinski definition) is 0. The number of esters is 1. The normalized spacial score (nSPS) is 10.8. The molecule has 0 atom stereocenters. The van der Waals surface area contributed by atoms with Crippen LogP contribution in [-0.4, -0.2) is 16.1 Å². The predicted octanol–water partition coefficient (Wildman–Crippen LogP) is 2.27. The van der Waals surface area contributed by atoms with Crippen LogP contribution in [-0.2, 0) is 16.1 Å². The molecule has 5 nitrogen and oxygen atoms in total. The van der Waals surface area contributed by atoms with Crippen LogP contribution in [0.25, 0.3) is 6.08 Å². The summed E-state index contributed by atoms with van der Waals surface area (Å²) in [4.78, 5) is 15.3. The Labute approximate surface area is 108 Å². The Morgan fingerprint density at radius 3 is 2.79 bits per heavy atom. The van der Waals surface area contributed by atoms with E-state index in [0.29, 0.717) is 11.4 Å². The molecule has 1 aromatic heterocycles. The van der Waals surface area contributed by atoms with Crippen molar-refractivity contribution in [2.75, 3.05) is 0 Å². The number of aromatic nitrogens is 2. The van der Waals surface area contributed by atoms with Crippen LogP contribution in [0, 0.1) is 12.7 Å². The van der Waals surface area contributed by atoms with E-state index in [4.69, 9.17) is 9.26 Å². The average Bonchev–Trinajstić information content (AvgIpc) is 2.81. The van der Waals surface area contributed by atoms with Crippen molar-refractivity contribution < 1.29 is 18.4 Å². The van der Waals surface area contributed by atoms with Crippen molar-refractivity contribution in [1.82, 2.24) is 10.1 Å². The van der Waals surface area contributed by atoms with E-state index in [1.807, 2.05) is 0 Å². The zero-order valence-corrected chi connectivity index (χ0v) is 10.2. The minimum Gasteiger partial charge on any atom is -0.452 e. The molecule has 6 heteroatoms. The molecule has 0 bridgehead atoms. The number of ether oxygens (including phenoxy) is 1. The van der Waals surface area contributed by atoms with Gasteiger partial charge in [0.15, 0.2) is 12.4 Å². The first-order chi connectivity index (χ1) is 9.13. The van der Waals surface area contributed by atoms with Crippen molar-refractivity contribution in [1.29, 1.82) is 0 Å². The lowest BCUT2D eigenvalue weighted by Crippen LogP contribution is -2.00. The summed E-state index contributed by atoms with van der Waals surface area (Å²) in [6.07, 6.45) is 2.78. The molecule has 0 N–H and O–H groups in total. The predicted molar refractivity (Wildman–Crippen MR) is 64.3 cm³/mol. The number of carbonyl (C=O) groups is 1. The Balaban J connectivity index is 1.85. The zero-order valence-electron chi connectivity index (χ0n) is 10.2. The van der Waals surface area contributed by atoms with Crippen LogP contribution >= 0.6 is 0 Å². The molecule has 19 heavy (non-hydrogen) atoms. The third-order valence-corrected chi connectivity index (χ3v) is 2.19. The molecule has 98 valence electrons. The second kappa shape index (κ2) is 5.90. The minimum absolute atomic E-state index is 0.0760. The molecule has 0 spiro atoms. The van der Waals surface area contributed by atoms with Crippen LogP contribution in [0.3, 0.4) is 0 Å². The van der Waals surface area contributed by atoms with E-state index >= 15 is 0 Å². The molecule has 1 aromatic carbocycles. The van der Waals surface area contributed by atoms with Crippen molar-refractivity contribution >= 4 is 12.0 Å². The lowest BCUT2D eigenvalue weighted by Gasteiger charge is -1.96. The Hall–Kier alpha value is -2.50. The lowest BCUT2D eigenvalue weighted by molar-refractivity contribution is -0.139. The van der Waals surface area contributed by atoms with Gasteiger partial charge in [-0.1, -0.05) is 17.3 Å². The number of hydrogen-bond acceptors (Lipinski definition) is 5. The highest BCUT2D eigenvalue weighted by molar-refractivity contribution is 5.86. The summed E-state index contributed by atoms with van der Waals surface area (Å²) in [6.45, 7) is 1.59. The third-order valence-electron chi connectivity index (χ3n) is 2.19. The SMILES string of the molecule is Cc1noc(COC(=O)/C=C/c2ccc(F)cc2)n1. The molecule has 0 amide bonds. The summed E-state index contributed by atoms with van der Waals surface area (Å²) in [5.74, 6) is -0.152. The maximum absolute atomic E-state index is 12.7. The van der Waals surface area contributed by atoms with Gasteiger partial charge in [0, 0.05) is 6.08 Å². The first-order valence-corrected chi connectivity index (χ1v) is 5.53. The molecule has 0 aliphatic carbocycles. The van der Waals surface area contributed by atoms with Gasteiger partial charge in [-0.3, -0.25) is 0 Å². The lowest BCUT2D eigenvalue weighted by atomic mass is 10.2. The Morgan fingerprint density at radius 1 is 1.42 bits per heavy atom. The molecule has 0 unspecified atom stereocenters. The number of benzene rings is 1. The van der Waals surface area contributed by atoms with Crippen LogP contribution in [0.4, 0.5) is 4.39 Å². The van der Waals surface area contributed by atoms with E-state index in [0.717, 1.165) is 0 Å². The van der Waals surface area contributed by atoms with Crippen molar-refractivity contribution in [3.63, 3.8) is 0 Å². The van der Waals surface area contributed by atoms with Crippen molar-refractivity contribution in [2.24, 2.45) is 0 Å². The molecule has 0 saturated carbocycles. The van der Waals surface area contributed by atoms with Gasteiger partial charge in [0.25, 0.3) is 5.89 Å². The molecule has 0 aliphatic heterocycles. The summed E-state index contributed by atoms with van der Waals surface area (Å²) < 4.78 is 22.3. The Bertz CT molecular complexity index is 590. The number of aryl methyl sites for hydroxylation is 1. The minimum atomic E-state index is -0.542. The van der Waals surface area contributed by atoms with Gasteiger partial charge in [-0.25, -0.2) is 9.18 Å². The molecular weight excluding hydrogens is 251 g/mol. The van der Waals surface area contributed by atoms with Crippen molar-refractivity contribution in [3.05, 3.63) is 53.4 Å². The summed E-state index contributed by atoms with van der Waals surface area (Å²) in [5.41, 5.74) is 0.701. The van der Waals surface area contributed by atoms with Gasteiger partial charge in [0.1, 0.15) is 5.82 Å². The highest BCUT2D eigenvalue weighted by Crippen LogP contribution is 2.05. The standard InChI is InChI=1S/C13H11FN2O3/c1-9-15-12(19-16-9)8-18-13(17)7-4-10-2-5-11(14)6-3-10/h2-7H,8H2,1H3/b7-4+. The largest absolute Gasteiger partial charge is 0.452 e. The Morgan fingerprint density at radius 2 is 2.16 bits per heavy atom. The van der Waals surface area contributed by atoms with Gasteiger partial charge in [-0.05, 0) is 30.7 Å². The summed E-state index contributed by atoms with van der Waals surface area (Å²) in [6, 6.07) is 5.74. The van der Waals surface area contributed by atoms with E-state index in [-0.39, 0.29) is 18.3 Å². The number of rotatable bonds is 4. The Kier molecular flexibility index (Phi) is 4.02. The summed E-state index contributed by atoms with van der Waals surface area (Å²) in [7, 11) is 0. The van der Waals surface area contributed by atoms with Gasteiger partial charge in [0.2, 0.25) is 0 Å². The fraction of sp³-hybridized carbons (Fsp3) is 0.154. The number of nitrogens with zero attached hydrogens (tertiary/aromatic N) is 2. The van der Waals surface area contributed by atoms with Crippen molar-refractivity contribution in [3.8, 4) is 0 Å². The van der Waals surface area contributed by atoms with E-state index < -0.39 is 5.97 Å². The van der Waals surface area contributed by atoms with Crippen LogP contribution in [0.1, 0.15) is 17.3 Å². The van der Waals surface area contributed by atoms with Gasteiger partial charge in [-0.15, -0.1) is 0 Å². The number of carbonyl (C=O) groups excluding carboxylic acids is 1. The smallest absolute Gasteiger partial charge is 0.331 e. The summed E-state index contributed by atoms with van der Waals surface area (Å²) in [5, 5.41) is 3.57. The molecular formula is C13H11FN2O3. The van der Waals surface area contributed by atoms with Gasteiger partial charge >= 0.3 is 5.97 Å². The van der Waals surface area contributed by atoms with Gasteiger partial charge in [0.05, 0.1) is 0 Å². The molecule has 0 radical (unpaired) electrons. The second-order valence-electron chi connectivity index (χ2n) is 3.73. The van der Waals surface area contributed by atoms with Gasteiger partial charge in [-0.2, -0.15) is 4.98 Å². The fourth-order valence-corrected chi connectivity index (χ4v) is 1.32. The topological polar surface area (TPSA) is 65.2 Å². The first-order valence-electron chi connectivity index (χ1n) is 5.53. The molecule has 0 saturated heterocycles. The molecule has 1 heterocycles. The zero-order chi connectivity index (χ0) is 13.7. The van der Waals surface area contributed by atoms with E-state index in [2.05, 4.69) is 10.1 Å². The van der Waals surface area contributed by atoms with E-state index in [1.54, 1.807) is 19.1 Å². The first kappa shape index (κ1) is 12.9. The maximum atomic E-state index is 12.7.